The maximum absolute atomic E-state index is 12.4. The quantitative estimate of drug-likeness (QED) is 0.696. The van der Waals surface area contributed by atoms with E-state index in [9.17, 15) is 9.59 Å². The minimum Gasteiger partial charge on any atom is -0.398 e. The first-order valence-electron chi connectivity index (χ1n) is 6.42. The number of aromatic nitrogens is 1. The molecule has 0 spiro atoms. The first-order valence-corrected chi connectivity index (χ1v) is 6.80. The van der Waals surface area contributed by atoms with Gasteiger partial charge in [0.25, 0.3) is 11.8 Å². The Balaban J connectivity index is 1.87. The summed E-state index contributed by atoms with van der Waals surface area (Å²) >= 11 is 6.02. The van der Waals surface area contributed by atoms with Crippen LogP contribution in [0.2, 0.25) is 5.02 Å². The SMILES string of the molecule is Nc1ccc(Cl)c2c1C(=O)N(CCc1cccnc1)C2=O. The molecule has 0 unspecified atom stereocenters. The number of benzene rings is 1. The summed E-state index contributed by atoms with van der Waals surface area (Å²) in [6.45, 7) is 0.272. The van der Waals surface area contributed by atoms with Crippen molar-refractivity contribution in [3.8, 4) is 0 Å². The highest BCUT2D eigenvalue weighted by atomic mass is 35.5. The minimum atomic E-state index is -0.392. The van der Waals surface area contributed by atoms with E-state index in [-0.39, 0.29) is 34.3 Å². The van der Waals surface area contributed by atoms with Gasteiger partial charge in [-0.25, -0.2) is 0 Å². The van der Waals surface area contributed by atoms with Crippen molar-refractivity contribution < 1.29 is 9.59 Å². The van der Waals surface area contributed by atoms with E-state index in [1.165, 1.54) is 17.0 Å². The molecule has 0 bridgehead atoms. The van der Waals surface area contributed by atoms with Gasteiger partial charge < -0.3 is 5.73 Å². The maximum Gasteiger partial charge on any atom is 0.263 e. The van der Waals surface area contributed by atoms with Gasteiger partial charge in [-0.05, 0) is 30.2 Å². The van der Waals surface area contributed by atoms with Crippen molar-refractivity contribution in [2.45, 2.75) is 6.42 Å². The predicted octanol–water partition coefficient (Wildman–Crippen LogP) is 2.16. The molecule has 0 aliphatic carbocycles. The molecule has 2 heterocycles. The van der Waals surface area contributed by atoms with Crippen LogP contribution in [-0.4, -0.2) is 28.2 Å². The van der Waals surface area contributed by atoms with Crippen molar-refractivity contribution in [3.05, 3.63) is 58.4 Å². The normalized spacial score (nSPS) is 13.7. The van der Waals surface area contributed by atoms with Crippen LogP contribution in [-0.2, 0) is 6.42 Å². The number of nitrogens with zero attached hydrogens (tertiary/aromatic N) is 2. The number of rotatable bonds is 3. The average Bonchev–Trinajstić information content (AvgIpc) is 2.75. The molecule has 21 heavy (non-hydrogen) atoms. The molecule has 0 fully saturated rings. The number of nitrogens with two attached hydrogens (primary N) is 1. The fourth-order valence-corrected chi connectivity index (χ4v) is 2.62. The Kier molecular flexibility index (Phi) is 3.35. The lowest BCUT2D eigenvalue weighted by Crippen LogP contribution is -2.31. The topological polar surface area (TPSA) is 76.3 Å². The van der Waals surface area contributed by atoms with E-state index < -0.39 is 5.91 Å². The number of nitrogen functional groups attached to an aromatic ring is 1. The molecule has 0 radical (unpaired) electrons. The van der Waals surface area contributed by atoms with E-state index in [2.05, 4.69) is 4.98 Å². The molecule has 0 saturated heterocycles. The average molecular weight is 302 g/mol. The van der Waals surface area contributed by atoms with Crippen molar-refractivity contribution >= 4 is 29.1 Å². The summed E-state index contributed by atoms with van der Waals surface area (Å²) in [7, 11) is 0. The van der Waals surface area contributed by atoms with Crippen LogP contribution < -0.4 is 5.73 Å². The van der Waals surface area contributed by atoms with Crippen LogP contribution in [0.4, 0.5) is 5.69 Å². The van der Waals surface area contributed by atoms with E-state index in [0.29, 0.717) is 6.42 Å². The zero-order valence-corrected chi connectivity index (χ0v) is 11.8. The van der Waals surface area contributed by atoms with E-state index in [1.807, 2.05) is 12.1 Å². The first-order chi connectivity index (χ1) is 10.1. The van der Waals surface area contributed by atoms with Gasteiger partial charge in [-0.3, -0.25) is 19.5 Å². The van der Waals surface area contributed by atoms with Crippen molar-refractivity contribution in [2.75, 3.05) is 12.3 Å². The highest BCUT2D eigenvalue weighted by molar-refractivity contribution is 6.37. The van der Waals surface area contributed by atoms with Gasteiger partial charge in [-0.15, -0.1) is 0 Å². The molecule has 5 nitrogen and oxygen atoms in total. The van der Waals surface area contributed by atoms with Crippen molar-refractivity contribution in [3.63, 3.8) is 0 Å². The van der Waals surface area contributed by atoms with E-state index in [0.717, 1.165) is 5.56 Å². The lowest BCUT2D eigenvalue weighted by molar-refractivity contribution is 0.0656. The molecule has 106 valence electrons. The number of carbonyl (C=O) groups excluding carboxylic acids is 2. The highest BCUT2D eigenvalue weighted by Gasteiger charge is 2.38. The fraction of sp³-hybridized carbons (Fsp3) is 0.133. The van der Waals surface area contributed by atoms with Crippen LogP contribution >= 0.6 is 11.6 Å². The van der Waals surface area contributed by atoms with Gasteiger partial charge in [0.1, 0.15) is 0 Å². The lowest BCUT2D eigenvalue weighted by atomic mass is 10.1. The zero-order valence-electron chi connectivity index (χ0n) is 11.0. The largest absolute Gasteiger partial charge is 0.398 e. The summed E-state index contributed by atoms with van der Waals surface area (Å²) in [5.74, 6) is -0.782. The Morgan fingerprint density at radius 2 is 1.90 bits per heavy atom. The van der Waals surface area contributed by atoms with Crippen molar-refractivity contribution in [1.29, 1.82) is 0 Å². The number of anilines is 1. The second-order valence-corrected chi connectivity index (χ2v) is 5.17. The van der Waals surface area contributed by atoms with Gasteiger partial charge in [0.05, 0.1) is 16.1 Å². The Hall–Kier alpha value is -2.40. The molecule has 1 aromatic carbocycles. The van der Waals surface area contributed by atoms with Gasteiger partial charge in [0.2, 0.25) is 0 Å². The molecular weight excluding hydrogens is 290 g/mol. The lowest BCUT2D eigenvalue weighted by Gasteiger charge is -2.13. The molecule has 1 aliphatic rings. The van der Waals surface area contributed by atoms with Crippen LogP contribution in [0.1, 0.15) is 26.3 Å². The summed E-state index contributed by atoms with van der Waals surface area (Å²) in [5, 5.41) is 0.251. The molecule has 1 aromatic heterocycles. The van der Waals surface area contributed by atoms with Gasteiger partial charge in [0, 0.05) is 24.6 Å². The van der Waals surface area contributed by atoms with Crippen LogP contribution in [0.15, 0.2) is 36.7 Å². The third-order valence-corrected chi connectivity index (χ3v) is 3.77. The summed E-state index contributed by atoms with van der Waals surface area (Å²) in [5.41, 5.74) is 7.43. The van der Waals surface area contributed by atoms with Crippen LogP contribution in [0.3, 0.4) is 0 Å². The number of imide groups is 1. The van der Waals surface area contributed by atoms with Crippen LogP contribution in [0.5, 0.6) is 0 Å². The Morgan fingerprint density at radius 1 is 1.14 bits per heavy atom. The number of fused-ring (bicyclic) bond motifs is 1. The second kappa shape index (κ2) is 5.18. The van der Waals surface area contributed by atoms with Crippen molar-refractivity contribution in [1.82, 2.24) is 9.88 Å². The van der Waals surface area contributed by atoms with Crippen LogP contribution in [0, 0.1) is 0 Å². The number of halogens is 1. The summed E-state index contributed by atoms with van der Waals surface area (Å²) in [4.78, 5) is 29.9. The molecule has 1 aliphatic heterocycles. The second-order valence-electron chi connectivity index (χ2n) is 4.76. The number of hydrogen-bond acceptors (Lipinski definition) is 4. The van der Waals surface area contributed by atoms with Gasteiger partial charge in [-0.2, -0.15) is 0 Å². The van der Waals surface area contributed by atoms with Crippen molar-refractivity contribution in [2.24, 2.45) is 0 Å². The highest BCUT2D eigenvalue weighted by Crippen LogP contribution is 2.33. The number of amides is 2. The van der Waals surface area contributed by atoms with E-state index in [4.69, 9.17) is 17.3 Å². The number of hydrogen-bond donors (Lipinski definition) is 1. The monoisotopic (exact) mass is 301 g/mol. The standard InChI is InChI=1S/C15H12ClN3O2/c16-10-3-4-11(17)13-12(10)14(20)19(15(13)21)7-5-9-2-1-6-18-8-9/h1-4,6,8H,5,7,17H2. The minimum absolute atomic E-state index is 0.202. The zero-order chi connectivity index (χ0) is 15.0. The van der Waals surface area contributed by atoms with E-state index in [1.54, 1.807) is 12.4 Å². The van der Waals surface area contributed by atoms with Gasteiger partial charge in [-0.1, -0.05) is 17.7 Å². The Morgan fingerprint density at radius 3 is 2.57 bits per heavy atom. The maximum atomic E-state index is 12.4. The molecule has 2 amide bonds. The molecule has 0 atom stereocenters. The van der Waals surface area contributed by atoms with Gasteiger partial charge in [0.15, 0.2) is 0 Å². The number of carbonyl (C=O) groups is 2. The first kappa shape index (κ1) is 13.6. The summed E-state index contributed by atoms with van der Waals surface area (Å²) in [6.07, 6.45) is 3.92. The Labute approximate surface area is 126 Å². The molecule has 2 aromatic rings. The predicted molar refractivity (Wildman–Crippen MR) is 79.2 cm³/mol. The molecule has 3 rings (SSSR count). The molecule has 0 saturated carbocycles. The fourth-order valence-electron chi connectivity index (χ4n) is 2.39. The smallest absolute Gasteiger partial charge is 0.263 e. The summed E-state index contributed by atoms with van der Waals surface area (Å²) in [6, 6.07) is 6.78. The van der Waals surface area contributed by atoms with Gasteiger partial charge >= 0.3 is 0 Å². The summed E-state index contributed by atoms with van der Waals surface area (Å²) < 4.78 is 0. The van der Waals surface area contributed by atoms with E-state index >= 15 is 0 Å². The molecule has 6 heteroatoms. The Bertz CT molecular complexity index is 690. The number of pyridine rings is 1. The third-order valence-electron chi connectivity index (χ3n) is 3.45. The molecule has 2 N–H and O–H groups in total. The third kappa shape index (κ3) is 2.25. The molecular formula is C15H12ClN3O2. The van der Waals surface area contributed by atoms with Crippen LogP contribution in [0.25, 0.3) is 0 Å².